The zero-order valence-electron chi connectivity index (χ0n) is 34.6. The number of rotatable bonds is 8. The molecule has 58 heavy (non-hydrogen) atoms. The van der Waals surface area contributed by atoms with Crippen molar-refractivity contribution in [1.82, 2.24) is 40.4 Å². The van der Waals surface area contributed by atoms with Crippen LogP contribution >= 0.6 is 0 Å². The van der Waals surface area contributed by atoms with Crippen LogP contribution in [0.3, 0.4) is 0 Å². The molecule has 14 nitrogen and oxygen atoms in total. The van der Waals surface area contributed by atoms with Crippen LogP contribution in [0.4, 0.5) is 9.59 Å². The van der Waals surface area contributed by atoms with E-state index in [1.165, 1.54) is 0 Å². The molecule has 0 spiro atoms. The maximum absolute atomic E-state index is 13.3. The molecule has 4 unspecified atom stereocenters. The van der Waals surface area contributed by atoms with E-state index < -0.39 is 35.5 Å². The zero-order valence-corrected chi connectivity index (χ0v) is 34.6. The van der Waals surface area contributed by atoms with Gasteiger partial charge in [-0.3, -0.25) is 9.59 Å². The average molecular weight is 791 g/mol. The maximum Gasteiger partial charge on any atom is 0.408 e. The highest BCUT2D eigenvalue weighted by Gasteiger charge is 2.36. The number of nitrogens with zero attached hydrogens (tertiary/aromatic N) is 4. The number of ether oxygens (including phenoxy) is 2. The molecule has 0 saturated carbocycles. The van der Waals surface area contributed by atoms with Crippen LogP contribution in [0.2, 0.25) is 0 Å². The van der Waals surface area contributed by atoms with Gasteiger partial charge >= 0.3 is 12.2 Å². The number of hydrogen-bond donors (Lipinski definition) is 4. The standard InChI is InChI=1S/C44H54N8O6/c1-27(47-41(55)57-43(3,4)5)39(53)51-23-9-11-35(51)37-45-25-33(49-37)31-19-15-29(16-20-31)13-14-30-17-21-32(22-18-30)34-26-46-38(50-34)36-12-10-24-52(36)40(54)28(2)48-42(56)58-44(6,7)8/h15-22,25-28,35-36H,9-12,23-24H2,1-8H3,(H,45,49)(H,46,50)(H,47,55)(H,48,56). The van der Waals surface area contributed by atoms with Gasteiger partial charge < -0.3 is 39.9 Å². The molecule has 14 heteroatoms. The highest BCUT2D eigenvalue weighted by atomic mass is 16.6. The Hall–Kier alpha value is -6.10. The Kier molecular flexibility index (Phi) is 12.3. The molecular formula is C44H54N8O6. The van der Waals surface area contributed by atoms with E-state index in [0.29, 0.717) is 24.7 Å². The van der Waals surface area contributed by atoms with E-state index in [9.17, 15) is 19.2 Å². The Balaban J connectivity index is 1.04. The lowest BCUT2D eigenvalue weighted by atomic mass is 10.1. The smallest absolute Gasteiger partial charge is 0.408 e. The normalized spacial score (nSPS) is 17.9. The summed E-state index contributed by atoms with van der Waals surface area (Å²) < 4.78 is 10.6. The van der Waals surface area contributed by atoms with Crippen molar-refractivity contribution >= 4 is 24.0 Å². The van der Waals surface area contributed by atoms with Crippen LogP contribution in [0.25, 0.3) is 22.5 Å². The van der Waals surface area contributed by atoms with E-state index in [4.69, 9.17) is 9.47 Å². The van der Waals surface area contributed by atoms with Crippen LogP contribution in [0.15, 0.2) is 60.9 Å². The van der Waals surface area contributed by atoms with Crippen molar-refractivity contribution in [3.8, 4) is 34.4 Å². The lowest BCUT2D eigenvalue weighted by Crippen LogP contribution is -2.48. The number of H-pyrrole nitrogens is 2. The van der Waals surface area contributed by atoms with Crippen molar-refractivity contribution < 1.29 is 28.7 Å². The third-order valence-electron chi connectivity index (χ3n) is 9.84. The third-order valence-corrected chi connectivity index (χ3v) is 9.84. The summed E-state index contributed by atoms with van der Waals surface area (Å²) in [7, 11) is 0. The molecule has 0 bridgehead atoms. The van der Waals surface area contributed by atoms with Crippen molar-refractivity contribution in [2.45, 2.75) is 116 Å². The van der Waals surface area contributed by atoms with Gasteiger partial charge in [0.2, 0.25) is 11.8 Å². The number of alkyl carbamates (subject to hydrolysis) is 2. The van der Waals surface area contributed by atoms with Gasteiger partial charge in [-0.25, -0.2) is 19.6 Å². The number of nitrogens with one attached hydrogen (secondary N) is 4. The number of imidazole rings is 2. The molecular weight excluding hydrogens is 737 g/mol. The van der Waals surface area contributed by atoms with Gasteiger partial charge in [0.1, 0.15) is 34.9 Å². The highest BCUT2D eigenvalue weighted by Crippen LogP contribution is 2.33. The number of benzene rings is 2. The Bertz CT molecular complexity index is 2020. The van der Waals surface area contributed by atoms with E-state index in [-0.39, 0.29) is 23.9 Å². The average Bonchev–Trinajstić information content (AvgIpc) is 3.99. The summed E-state index contributed by atoms with van der Waals surface area (Å²) in [4.78, 5) is 70.7. The van der Waals surface area contributed by atoms with Gasteiger partial charge in [0, 0.05) is 24.2 Å². The Morgan fingerprint density at radius 1 is 0.655 bits per heavy atom. The molecule has 4 amide bonds. The molecule has 0 aliphatic carbocycles. The Morgan fingerprint density at radius 3 is 1.36 bits per heavy atom. The first-order valence-corrected chi connectivity index (χ1v) is 19.9. The molecule has 306 valence electrons. The van der Waals surface area contributed by atoms with Gasteiger partial charge in [0.25, 0.3) is 0 Å². The molecule has 4 heterocycles. The number of aromatic amines is 2. The minimum Gasteiger partial charge on any atom is -0.444 e. The van der Waals surface area contributed by atoms with Crippen LogP contribution in [0, 0.1) is 11.8 Å². The molecule has 2 aliphatic heterocycles. The summed E-state index contributed by atoms with van der Waals surface area (Å²) in [6.45, 7) is 15.2. The van der Waals surface area contributed by atoms with Crippen LogP contribution in [0.5, 0.6) is 0 Å². The number of carbonyl (C=O) groups excluding carboxylic acids is 4. The van der Waals surface area contributed by atoms with Crippen molar-refractivity contribution in [1.29, 1.82) is 0 Å². The number of amides is 4. The molecule has 2 aliphatic rings. The van der Waals surface area contributed by atoms with Gasteiger partial charge in [0.05, 0.1) is 35.9 Å². The van der Waals surface area contributed by atoms with Crippen molar-refractivity contribution in [2.75, 3.05) is 13.1 Å². The Morgan fingerprint density at radius 2 is 1.02 bits per heavy atom. The largest absolute Gasteiger partial charge is 0.444 e. The fraction of sp³-hybridized carbons (Fsp3) is 0.455. The van der Waals surface area contributed by atoms with Gasteiger partial charge in [-0.05, 0) is 116 Å². The molecule has 2 fully saturated rings. The number of aromatic nitrogens is 4. The number of carbonyl (C=O) groups is 4. The van der Waals surface area contributed by atoms with Gasteiger partial charge in [-0.2, -0.15) is 0 Å². The molecule has 2 saturated heterocycles. The minimum atomic E-state index is -0.734. The first-order valence-electron chi connectivity index (χ1n) is 19.9. The summed E-state index contributed by atoms with van der Waals surface area (Å²) in [6, 6.07) is 13.9. The molecule has 2 aromatic carbocycles. The summed E-state index contributed by atoms with van der Waals surface area (Å²) in [5.41, 5.74) is 3.97. The number of likely N-dealkylation sites (tertiary alicyclic amines) is 2. The Labute approximate surface area is 339 Å². The first-order chi connectivity index (χ1) is 27.4. The lowest BCUT2D eigenvalue weighted by Gasteiger charge is -2.27. The topological polar surface area (TPSA) is 175 Å². The fourth-order valence-corrected chi connectivity index (χ4v) is 7.14. The van der Waals surface area contributed by atoms with Gasteiger partial charge in [-0.1, -0.05) is 36.1 Å². The third kappa shape index (κ3) is 10.4. The first kappa shape index (κ1) is 41.5. The van der Waals surface area contributed by atoms with Crippen LogP contribution in [-0.4, -0.2) is 90.1 Å². The molecule has 4 atom stereocenters. The summed E-state index contributed by atoms with van der Waals surface area (Å²) in [6.07, 6.45) is 5.54. The van der Waals surface area contributed by atoms with Crippen LogP contribution < -0.4 is 10.6 Å². The molecule has 4 N–H and O–H groups in total. The maximum atomic E-state index is 13.3. The zero-order chi connectivity index (χ0) is 41.8. The molecule has 2 aromatic heterocycles. The SMILES string of the molecule is CC(NC(=O)OC(C)(C)C)C(=O)N1CCCC1c1ncc(-c2ccc(C#Cc3ccc(-c4cnc(C5CCCN5C(=O)C(C)NC(=O)OC(C)(C)C)[nH]4)cc3)cc2)[nH]1. The fourth-order valence-electron chi connectivity index (χ4n) is 7.14. The molecule has 0 radical (unpaired) electrons. The summed E-state index contributed by atoms with van der Waals surface area (Å²) in [5.74, 6) is 7.54. The van der Waals surface area contributed by atoms with Crippen molar-refractivity contribution in [3.05, 3.63) is 83.7 Å². The second-order valence-electron chi connectivity index (χ2n) is 16.9. The van der Waals surface area contributed by atoms with Gasteiger partial charge in [0.15, 0.2) is 0 Å². The second-order valence-corrected chi connectivity index (χ2v) is 16.9. The van der Waals surface area contributed by atoms with Crippen molar-refractivity contribution in [2.24, 2.45) is 0 Å². The monoisotopic (exact) mass is 790 g/mol. The predicted molar refractivity (Wildman–Crippen MR) is 219 cm³/mol. The number of hydrogen-bond acceptors (Lipinski definition) is 8. The molecule has 6 rings (SSSR count). The quantitative estimate of drug-likeness (QED) is 0.138. The molecule has 4 aromatic rings. The predicted octanol–water partition coefficient (Wildman–Crippen LogP) is 7.02. The van der Waals surface area contributed by atoms with E-state index >= 15 is 0 Å². The van der Waals surface area contributed by atoms with E-state index in [0.717, 1.165) is 59.3 Å². The summed E-state index contributed by atoms with van der Waals surface area (Å²) in [5, 5.41) is 5.31. The van der Waals surface area contributed by atoms with E-state index in [1.54, 1.807) is 77.6 Å². The minimum absolute atomic E-state index is 0.178. The second kappa shape index (κ2) is 17.2. The lowest BCUT2D eigenvalue weighted by molar-refractivity contribution is -0.134. The van der Waals surface area contributed by atoms with E-state index in [2.05, 4.69) is 42.4 Å². The van der Waals surface area contributed by atoms with E-state index in [1.807, 2.05) is 48.5 Å². The van der Waals surface area contributed by atoms with Gasteiger partial charge in [-0.15, -0.1) is 0 Å². The van der Waals surface area contributed by atoms with Crippen LogP contribution in [0.1, 0.15) is 116 Å². The highest BCUT2D eigenvalue weighted by molar-refractivity contribution is 5.86. The van der Waals surface area contributed by atoms with Crippen LogP contribution in [-0.2, 0) is 19.1 Å². The van der Waals surface area contributed by atoms with Crippen molar-refractivity contribution in [3.63, 3.8) is 0 Å². The summed E-state index contributed by atoms with van der Waals surface area (Å²) >= 11 is 0.